The van der Waals surface area contributed by atoms with Gasteiger partial charge in [0, 0.05) is 0 Å². The Labute approximate surface area is 74.6 Å². The van der Waals surface area contributed by atoms with E-state index in [4.69, 9.17) is 4.74 Å². The second-order valence-electron chi connectivity index (χ2n) is 3.28. The molecule has 2 heteroatoms. The Morgan fingerprint density at radius 1 is 1.42 bits per heavy atom. The molecule has 2 nitrogen and oxygen atoms in total. The first-order valence-corrected chi connectivity index (χ1v) is 4.37. The van der Waals surface area contributed by atoms with Crippen LogP contribution in [0.4, 0.5) is 0 Å². The van der Waals surface area contributed by atoms with E-state index in [1.54, 1.807) is 6.08 Å². The van der Waals surface area contributed by atoms with Crippen LogP contribution in [0.5, 0.6) is 0 Å². The number of hydrogen-bond donors (Lipinski definition) is 0. The van der Waals surface area contributed by atoms with E-state index in [2.05, 4.69) is 6.58 Å². The maximum absolute atomic E-state index is 9.94. The molecule has 0 aromatic carbocycles. The van der Waals surface area contributed by atoms with Crippen molar-refractivity contribution in [2.24, 2.45) is 0 Å². The molecule has 1 rings (SSSR count). The second kappa shape index (κ2) is 5.81. The first-order valence-electron chi connectivity index (χ1n) is 4.37. The van der Waals surface area contributed by atoms with Crippen molar-refractivity contribution < 1.29 is 9.53 Å². The summed E-state index contributed by atoms with van der Waals surface area (Å²) in [5.41, 5.74) is -0.123. The van der Waals surface area contributed by atoms with Gasteiger partial charge in [-0.2, -0.15) is 0 Å². The maximum atomic E-state index is 9.94. The van der Waals surface area contributed by atoms with Gasteiger partial charge in [-0.1, -0.05) is 6.08 Å². The van der Waals surface area contributed by atoms with E-state index in [9.17, 15) is 4.79 Å². The van der Waals surface area contributed by atoms with Gasteiger partial charge in [0.1, 0.15) is 5.60 Å². The third-order valence-electron chi connectivity index (χ3n) is 1.99. The van der Waals surface area contributed by atoms with Gasteiger partial charge in [-0.15, -0.1) is 6.58 Å². The quantitative estimate of drug-likeness (QED) is 0.470. The Kier molecular flexibility index (Phi) is 5.43. The largest absolute Gasteiger partial charge is 0.462 e. The molecule has 70 valence electrons. The van der Waals surface area contributed by atoms with Crippen molar-refractivity contribution in [3.05, 3.63) is 12.7 Å². The van der Waals surface area contributed by atoms with Gasteiger partial charge < -0.3 is 4.74 Å². The summed E-state index contributed by atoms with van der Waals surface area (Å²) in [6.45, 7) is 7.81. The van der Waals surface area contributed by atoms with Gasteiger partial charge in [0.05, 0.1) is 0 Å². The van der Waals surface area contributed by atoms with E-state index in [0.717, 1.165) is 12.8 Å². The molecule has 0 N–H and O–H groups in total. The lowest BCUT2D eigenvalue weighted by Crippen LogP contribution is -2.23. The van der Waals surface area contributed by atoms with Crippen LogP contribution in [0.25, 0.3) is 0 Å². The maximum Gasteiger partial charge on any atom is 0.293 e. The number of ether oxygens (including phenoxy) is 1. The van der Waals surface area contributed by atoms with Gasteiger partial charge in [-0.3, -0.25) is 4.79 Å². The summed E-state index contributed by atoms with van der Waals surface area (Å²) in [6.07, 6.45) is 6.21. The van der Waals surface area contributed by atoms with Crippen molar-refractivity contribution in [1.82, 2.24) is 0 Å². The fourth-order valence-corrected chi connectivity index (χ4v) is 1.36. The Hall–Kier alpha value is -0.790. The Morgan fingerprint density at radius 3 is 2.17 bits per heavy atom. The minimum absolute atomic E-state index is 0.123. The average Bonchev–Trinajstić information content (AvgIpc) is 2.38. The molecular weight excluding hydrogens is 152 g/mol. The molecule has 0 aliphatic heterocycles. The van der Waals surface area contributed by atoms with E-state index in [1.165, 1.54) is 12.8 Å². The standard InChI is InChI=1S/C7H12O2.C3H6/c1-7(9-6-8)4-2-3-5-7;1-3-2/h6H,2-5H2,1H3;3H,1H2,2H3. The highest BCUT2D eigenvalue weighted by Gasteiger charge is 2.29. The Balaban J connectivity index is 0.000000354. The molecule has 12 heavy (non-hydrogen) atoms. The highest BCUT2D eigenvalue weighted by atomic mass is 16.5. The Bertz CT molecular complexity index is 135. The molecule has 1 fully saturated rings. The zero-order chi connectivity index (χ0) is 9.45. The van der Waals surface area contributed by atoms with Crippen LogP contribution in [0.2, 0.25) is 0 Å². The number of rotatable bonds is 2. The normalized spacial score (nSPS) is 18.8. The van der Waals surface area contributed by atoms with E-state index in [0.29, 0.717) is 6.47 Å². The summed E-state index contributed by atoms with van der Waals surface area (Å²) in [5.74, 6) is 0. The van der Waals surface area contributed by atoms with E-state index in [-0.39, 0.29) is 5.60 Å². The number of carbonyl (C=O) groups excluding carboxylic acids is 1. The van der Waals surface area contributed by atoms with Crippen LogP contribution in [-0.2, 0) is 9.53 Å². The van der Waals surface area contributed by atoms with Gasteiger partial charge in [0.15, 0.2) is 0 Å². The van der Waals surface area contributed by atoms with Crippen molar-refractivity contribution in [3.8, 4) is 0 Å². The molecule has 0 spiro atoms. The first kappa shape index (κ1) is 11.2. The molecule has 1 saturated carbocycles. The molecule has 0 unspecified atom stereocenters. The van der Waals surface area contributed by atoms with Gasteiger partial charge >= 0.3 is 0 Å². The second-order valence-corrected chi connectivity index (χ2v) is 3.28. The molecule has 1 aliphatic rings. The zero-order valence-electron chi connectivity index (χ0n) is 8.01. The van der Waals surface area contributed by atoms with Crippen LogP contribution in [0, 0.1) is 0 Å². The van der Waals surface area contributed by atoms with E-state index >= 15 is 0 Å². The van der Waals surface area contributed by atoms with Crippen LogP contribution in [-0.4, -0.2) is 12.1 Å². The monoisotopic (exact) mass is 170 g/mol. The molecule has 0 bridgehead atoms. The SMILES string of the molecule is C=CC.CC1(OC=O)CCCC1. The highest BCUT2D eigenvalue weighted by Crippen LogP contribution is 2.31. The van der Waals surface area contributed by atoms with Gasteiger partial charge in [-0.25, -0.2) is 0 Å². The summed E-state index contributed by atoms with van der Waals surface area (Å²) >= 11 is 0. The lowest BCUT2D eigenvalue weighted by atomic mass is 10.1. The van der Waals surface area contributed by atoms with Crippen LogP contribution >= 0.6 is 0 Å². The molecule has 0 saturated heterocycles. The predicted molar refractivity (Wildman–Crippen MR) is 49.9 cm³/mol. The number of allylic oxidation sites excluding steroid dienone is 1. The number of hydrogen-bond acceptors (Lipinski definition) is 2. The lowest BCUT2D eigenvalue weighted by molar-refractivity contribution is -0.141. The Morgan fingerprint density at radius 2 is 1.83 bits per heavy atom. The van der Waals surface area contributed by atoms with Crippen molar-refractivity contribution in [2.75, 3.05) is 0 Å². The van der Waals surface area contributed by atoms with E-state index in [1.807, 2.05) is 13.8 Å². The molecule has 1 aliphatic carbocycles. The zero-order valence-corrected chi connectivity index (χ0v) is 8.01. The van der Waals surface area contributed by atoms with Crippen molar-refractivity contribution in [2.45, 2.75) is 45.1 Å². The first-order chi connectivity index (χ1) is 5.68. The van der Waals surface area contributed by atoms with Crippen molar-refractivity contribution in [1.29, 1.82) is 0 Å². The fourth-order valence-electron chi connectivity index (χ4n) is 1.36. The molecule has 0 heterocycles. The summed E-state index contributed by atoms with van der Waals surface area (Å²) in [5, 5.41) is 0. The minimum Gasteiger partial charge on any atom is -0.462 e. The van der Waals surface area contributed by atoms with Gasteiger partial charge in [0.25, 0.3) is 6.47 Å². The minimum atomic E-state index is -0.123. The smallest absolute Gasteiger partial charge is 0.293 e. The van der Waals surface area contributed by atoms with Crippen LogP contribution in [0.3, 0.4) is 0 Å². The highest BCUT2D eigenvalue weighted by molar-refractivity contribution is 5.38. The lowest BCUT2D eigenvalue weighted by Gasteiger charge is -2.20. The third-order valence-corrected chi connectivity index (χ3v) is 1.99. The molecule has 0 aromatic rings. The van der Waals surface area contributed by atoms with Gasteiger partial charge in [-0.05, 0) is 39.5 Å². The van der Waals surface area contributed by atoms with E-state index < -0.39 is 0 Å². The van der Waals surface area contributed by atoms with Crippen LogP contribution in [0.15, 0.2) is 12.7 Å². The third kappa shape index (κ3) is 4.16. The predicted octanol–water partition coefficient (Wildman–Crippen LogP) is 2.68. The van der Waals surface area contributed by atoms with Gasteiger partial charge in [0.2, 0.25) is 0 Å². The topological polar surface area (TPSA) is 26.3 Å². The molecule has 0 amide bonds. The molecule has 0 atom stereocenters. The molecular formula is C10H18O2. The van der Waals surface area contributed by atoms with Crippen molar-refractivity contribution in [3.63, 3.8) is 0 Å². The molecule has 0 radical (unpaired) electrons. The van der Waals surface area contributed by atoms with Crippen molar-refractivity contribution >= 4 is 6.47 Å². The fraction of sp³-hybridized carbons (Fsp3) is 0.700. The average molecular weight is 170 g/mol. The van der Waals surface area contributed by atoms with Crippen LogP contribution < -0.4 is 0 Å². The summed E-state index contributed by atoms with van der Waals surface area (Å²) in [4.78, 5) is 9.94. The number of carbonyl (C=O) groups is 1. The molecule has 0 aromatic heterocycles. The van der Waals surface area contributed by atoms with Crippen LogP contribution in [0.1, 0.15) is 39.5 Å². The summed E-state index contributed by atoms with van der Waals surface area (Å²) in [7, 11) is 0. The summed E-state index contributed by atoms with van der Waals surface area (Å²) in [6, 6.07) is 0. The summed E-state index contributed by atoms with van der Waals surface area (Å²) < 4.78 is 4.91.